The van der Waals surface area contributed by atoms with E-state index in [0.29, 0.717) is 12.6 Å². The fourth-order valence-electron chi connectivity index (χ4n) is 1.91. The van der Waals surface area contributed by atoms with Gasteiger partial charge in [-0.25, -0.2) is 0 Å². The Labute approximate surface area is 114 Å². The zero-order valence-corrected chi connectivity index (χ0v) is 12.5. The van der Waals surface area contributed by atoms with Gasteiger partial charge >= 0.3 is 8.80 Å². The van der Waals surface area contributed by atoms with Crippen LogP contribution in [0.2, 0.25) is 6.04 Å². The third-order valence-electron chi connectivity index (χ3n) is 3.06. The minimum Gasteiger partial charge on any atom is -0.377 e. The maximum atomic E-state index is 8.40. The number of hydrogen-bond donors (Lipinski definition) is 0. The van der Waals surface area contributed by atoms with Crippen LogP contribution in [-0.2, 0) is 26.2 Å². The van der Waals surface area contributed by atoms with Crippen molar-refractivity contribution in [3.8, 4) is 0 Å². The van der Waals surface area contributed by atoms with E-state index in [2.05, 4.69) is 10.0 Å². The van der Waals surface area contributed by atoms with Crippen LogP contribution in [0.4, 0.5) is 0 Å². The van der Waals surface area contributed by atoms with E-state index in [1.807, 2.05) is 24.3 Å². The molecule has 1 rings (SSSR count). The molecule has 0 saturated heterocycles. The third kappa shape index (κ3) is 4.34. The summed E-state index contributed by atoms with van der Waals surface area (Å²) in [6.45, 7) is 0.355. The van der Waals surface area contributed by atoms with Crippen molar-refractivity contribution in [3.05, 3.63) is 45.8 Å². The zero-order valence-electron chi connectivity index (χ0n) is 11.5. The number of rotatable bonds is 8. The predicted molar refractivity (Wildman–Crippen MR) is 74.6 cm³/mol. The molecule has 0 bridgehead atoms. The standard InChI is InChI=1S/C12H19N3O3Si/c1-16-19(17-2,18-3)9-8-11-6-4-5-7-12(11)10-14-15-13/h4-7H,8-10H2,1-3H3. The first kappa shape index (κ1) is 15.7. The summed E-state index contributed by atoms with van der Waals surface area (Å²) < 4.78 is 16.2. The highest BCUT2D eigenvalue weighted by Gasteiger charge is 2.37. The topological polar surface area (TPSA) is 76.5 Å². The van der Waals surface area contributed by atoms with Gasteiger partial charge < -0.3 is 13.3 Å². The van der Waals surface area contributed by atoms with E-state index in [-0.39, 0.29) is 0 Å². The molecule has 6 nitrogen and oxygen atoms in total. The van der Waals surface area contributed by atoms with Crippen molar-refractivity contribution in [1.82, 2.24) is 0 Å². The Bertz CT molecular complexity index is 437. The number of nitrogens with zero attached hydrogens (tertiary/aromatic N) is 3. The predicted octanol–water partition coefficient (Wildman–Crippen LogP) is 2.92. The van der Waals surface area contributed by atoms with Gasteiger partial charge in [-0.15, -0.1) is 0 Å². The highest BCUT2D eigenvalue weighted by atomic mass is 28.4. The molecule has 0 fully saturated rings. The van der Waals surface area contributed by atoms with Gasteiger partial charge in [-0.1, -0.05) is 29.4 Å². The molecule has 0 radical (unpaired) electrons. The third-order valence-corrected chi connectivity index (χ3v) is 5.78. The Morgan fingerprint density at radius 1 is 1.11 bits per heavy atom. The summed E-state index contributed by atoms with van der Waals surface area (Å²) in [6.07, 6.45) is 0.763. The molecule has 1 aromatic rings. The van der Waals surface area contributed by atoms with Crippen LogP contribution < -0.4 is 0 Å². The number of azide groups is 1. The van der Waals surface area contributed by atoms with Crippen LogP contribution in [0.5, 0.6) is 0 Å². The molecular weight excluding hydrogens is 262 g/mol. The maximum absolute atomic E-state index is 8.40. The van der Waals surface area contributed by atoms with E-state index in [4.69, 9.17) is 18.8 Å². The van der Waals surface area contributed by atoms with Gasteiger partial charge in [0.2, 0.25) is 0 Å². The lowest BCUT2D eigenvalue weighted by atomic mass is 10.1. The molecule has 0 saturated carbocycles. The summed E-state index contributed by atoms with van der Waals surface area (Å²) in [4.78, 5) is 2.79. The Hall–Kier alpha value is -1.37. The molecule has 0 aliphatic carbocycles. The van der Waals surface area contributed by atoms with E-state index in [1.54, 1.807) is 21.3 Å². The summed E-state index contributed by atoms with van der Waals surface area (Å²) >= 11 is 0. The molecule has 0 aromatic heterocycles. The van der Waals surface area contributed by atoms with Gasteiger partial charge in [-0.3, -0.25) is 0 Å². The van der Waals surface area contributed by atoms with Crippen LogP contribution >= 0.6 is 0 Å². The van der Waals surface area contributed by atoms with Gasteiger partial charge in [0.15, 0.2) is 0 Å². The Balaban J connectivity index is 2.79. The van der Waals surface area contributed by atoms with Crippen molar-refractivity contribution in [1.29, 1.82) is 0 Å². The average Bonchev–Trinajstić information content (AvgIpc) is 2.48. The summed E-state index contributed by atoms with van der Waals surface area (Å²) in [5.74, 6) is 0. The van der Waals surface area contributed by atoms with Crippen molar-refractivity contribution in [2.75, 3.05) is 21.3 Å². The second kappa shape index (κ2) is 7.93. The fourth-order valence-corrected chi connectivity index (χ4v) is 3.60. The monoisotopic (exact) mass is 281 g/mol. The Kier molecular flexibility index (Phi) is 6.55. The van der Waals surface area contributed by atoms with Crippen LogP contribution in [0.15, 0.2) is 29.4 Å². The number of hydrogen-bond acceptors (Lipinski definition) is 4. The van der Waals surface area contributed by atoms with Crippen LogP contribution in [0.25, 0.3) is 10.4 Å². The van der Waals surface area contributed by atoms with Gasteiger partial charge in [0.1, 0.15) is 0 Å². The first-order chi connectivity index (χ1) is 9.21. The first-order valence-corrected chi connectivity index (χ1v) is 7.87. The van der Waals surface area contributed by atoms with Crippen molar-refractivity contribution >= 4 is 8.80 Å². The molecular formula is C12H19N3O3Si. The smallest absolute Gasteiger partial charge is 0.377 e. The van der Waals surface area contributed by atoms with Crippen molar-refractivity contribution < 1.29 is 13.3 Å². The van der Waals surface area contributed by atoms with Gasteiger partial charge in [-0.05, 0) is 23.1 Å². The summed E-state index contributed by atoms with van der Waals surface area (Å²) in [5, 5.41) is 3.61. The molecule has 104 valence electrons. The van der Waals surface area contributed by atoms with Crippen LogP contribution in [0.1, 0.15) is 11.1 Å². The lowest BCUT2D eigenvalue weighted by Gasteiger charge is -2.24. The van der Waals surface area contributed by atoms with Gasteiger partial charge in [0.25, 0.3) is 0 Å². The second-order valence-electron chi connectivity index (χ2n) is 3.95. The van der Waals surface area contributed by atoms with E-state index in [0.717, 1.165) is 17.5 Å². The largest absolute Gasteiger partial charge is 0.500 e. The summed E-state index contributed by atoms with van der Waals surface area (Å²) in [5.41, 5.74) is 10.5. The van der Waals surface area contributed by atoms with Crippen LogP contribution in [0, 0.1) is 0 Å². The van der Waals surface area contributed by atoms with Crippen LogP contribution in [0.3, 0.4) is 0 Å². The minimum absolute atomic E-state index is 0.355. The molecule has 0 aliphatic rings. The van der Waals surface area contributed by atoms with Crippen LogP contribution in [-0.4, -0.2) is 30.1 Å². The number of aryl methyl sites for hydroxylation is 1. The van der Waals surface area contributed by atoms with Crippen molar-refractivity contribution in [3.63, 3.8) is 0 Å². The van der Waals surface area contributed by atoms with Crippen molar-refractivity contribution in [2.24, 2.45) is 5.11 Å². The van der Waals surface area contributed by atoms with E-state index >= 15 is 0 Å². The lowest BCUT2D eigenvalue weighted by molar-refractivity contribution is 0.123. The number of benzene rings is 1. The summed E-state index contributed by atoms with van der Waals surface area (Å²) in [6, 6.07) is 8.55. The SMILES string of the molecule is CO[Si](CCc1ccccc1CN=[N+]=[N-])(OC)OC. The highest BCUT2D eigenvalue weighted by Crippen LogP contribution is 2.19. The van der Waals surface area contributed by atoms with E-state index < -0.39 is 8.80 Å². The van der Waals surface area contributed by atoms with Gasteiger partial charge in [-0.2, -0.15) is 0 Å². The molecule has 0 aliphatic heterocycles. The molecule has 0 heterocycles. The zero-order chi connectivity index (χ0) is 14.1. The van der Waals surface area contributed by atoms with E-state index in [9.17, 15) is 0 Å². The fraction of sp³-hybridized carbons (Fsp3) is 0.500. The molecule has 0 N–H and O–H groups in total. The molecule has 0 atom stereocenters. The normalized spacial score (nSPS) is 11.1. The lowest BCUT2D eigenvalue weighted by Crippen LogP contribution is -2.43. The van der Waals surface area contributed by atoms with Gasteiger partial charge in [0, 0.05) is 32.3 Å². The molecule has 7 heteroatoms. The molecule has 19 heavy (non-hydrogen) atoms. The minimum atomic E-state index is -2.56. The quantitative estimate of drug-likeness (QED) is 0.318. The summed E-state index contributed by atoms with van der Waals surface area (Å²) in [7, 11) is 2.25. The molecule has 0 spiro atoms. The second-order valence-corrected chi connectivity index (χ2v) is 7.04. The Morgan fingerprint density at radius 3 is 2.21 bits per heavy atom. The first-order valence-electron chi connectivity index (χ1n) is 5.94. The Morgan fingerprint density at radius 2 is 1.68 bits per heavy atom. The van der Waals surface area contributed by atoms with Gasteiger partial charge in [0.05, 0.1) is 6.54 Å². The molecule has 0 unspecified atom stereocenters. The molecule has 1 aromatic carbocycles. The van der Waals surface area contributed by atoms with Crippen molar-refractivity contribution in [2.45, 2.75) is 19.0 Å². The maximum Gasteiger partial charge on any atom is 0.500 e. The molecule has 0 amide bonds. The average molecular weight is 281 g/mol. The van der Waals surface area contributed by atoms with E-state index in [1.165, 1.54) is 0 Å². The highest BCUT2D eigenvalue weighted by molar-refractivity contribution is 6.60.